The van der Waals surface area contributed by atoms with Crippen LogP contribution in [0, 0.1) is 0 Å². The van der Waals surface area contributed by atoms with Gasteiger partial charge in [-0.3, -0.25) is 0 Å². The van der Waals surface area contributed by atoms with Gasteiger partial charge in [-0.15, -0.1) is 0 Å². The van der Waals surface area contributed by atoms with Gasteiger partial charge in [-0.05, 0) is 24.1 Å². The Morgan fingerprint density at radius 3 is 2.92 bits per heavy atom. The molecule has 0 unspecified atom stereocenters. The highest BCUT2D eigenvalue weighted by molar-refractivity contribution is 5.45. The molecular formula is C11H18N2. The first-order chi connectivity index (χ1) is 6.36. The van der Waals surface area contributed by atoms with Gasteiger partial charge in [0.15, 0.2) is 0 Å². The Kier molecular flexibility index (Phi) is 4.33. The minimum Gasteiger partial charge on any atom is -0.384 e. The zero-order chi connectivity index (χ0) is 9.52. The van der Waals surface area contributed by atoms with Gasteiger partial charge in [-0.2, -0.15) is 0 Å². The number of nitrogens with one attached hydrogen (secondary N) is 1. The molecule has 0 heterocycles. The van der Waals surface area contributed by atoms with Crippen LogP contribution >= 0.6 is 0 Å². The zero-order valence-corrected chi connectivity index (χ0v) is 8.22. The minimum absolute atomic E-state index is 0.679. The van der Waals surface area contributed by atoms with Crippen LogP contribution in [0.25, 0.3) is 0 Å². The van der Waals surface area contributed by atoms with Crippen LogP contribution in [-0.2, 0) is 6.42 Å². The Morgan fingerprint density at radius 1 is 1.38 bits per heavy atom. The molecule has 1 aromatic rings. The molecule has 0 bridgehead atoms. The number of nitrogens with two attached hydrogens (primary N) is 1. The Morgan fingerprint density at radius 2 is 2.23 bits per heavy atom. The summed E-state index contributed by atoms with van der Waals surface area (Å²) < 4.78 is 0. The molecule has 0 atom stereocenters. The molecule has 0 aliphatic heterocycles. The lowest BCUT2D eigenvalue weighted by atomic mass is 10.1. The van der Waals surface area contributed by atoms with Crippen molar-refractivity contribution in [2.45, 2.75) is 19.8 Å². The number of benzene rings is 1. The third-order valence-electron chi connectivity index (χ3n) is 1.94. The van der Waals surface area contributed by atoms with E-state index in [9.17, 15) is 0 Å². The first kappa shape index (κ1) is 10.1. The fraction of sp³-hybridized carbons (Fsp3) is 0.455. The fourth-order valence-electron chi connectivity index (χ4n) is 1.34. The van der Waals surface area contributed by atoms with Crippen LogP contribution in [0.2, 0.25) is 0 Å². The first-order valence-electron chi connectivity index (χ1n) is 4.89. The highest BCUT2D eigenvalue weighted by Gasteiger charge is 1.93. The molecule has 1 rings (SSSR count). The summed E-state index contributed by atoms with van der Waals surface area (Å²) in [7, 11) is 0. The van der Waals surface area contributed by atoms with Gasteiger partial charge < -0.3 is 11.1 Å². The van der Waals surface area contributed by atoms with Crippen molar-refractivity contribution in [3.63, 3.8) is 0 Å². The van der Waals surface area contributed by atoms with Crippen molar-refractivity contribution < 1.29 is 0 Å². The van der Waals surface area contributed by atoms with Crippen LogP contribution in [0.1, 0.15) is 18.9 Å². The van der Waals surface area contributed by atoms with E-state index in [-0.39, 0.29) is 0 Å². The van der Waals surface area contributed by atoms with Crippen LogP contribution in [0.15, 0.2) is 24.3 Å². The fourth-order valence-corrected chi connectivity index (χ4v) is 1.34. The van der Waals surface area contributed by atoms with Crippen molar-refractivity contribution in [3.05, 3.63) is 29.8 Å². The van der Waals surface area contributed by atoms with Crippen molar-refractivity contribution in [1.29, 1.82) is 0 Å². The maximum Gasteiger partial charge on any atom is 0.0343 e. The molecule has 3 N–H and O–H groups in total. The van der Waals surface area contributed by atoms with E-state index in [1.165, 1.54) is 17.7 Å². The number of anilines is 1. The second-order valence-electron chi connectivity index (χ2n) is 3.17. The lowest BCUT2D eigenvalue weighted by Gasteiger charge is -2.06. The Bertz CT molecular complexity index is 246. The summed E-state index contributed by atoms with van der Waals surface area (Å²) in [6.45, 7) is 3.72. The average molecular weight is 178 g/mol. The predicted molar refractivity (Wildman–Crippen MR) is 58.0 cm³/mol. The molecule has 0 radical (unpaired) electrons. The molecule has 13 heavy (non-hydrogen) atoms. The molecule has 0 aliphatic carbocycles. The summed E-state index contributed by atoms with van der Waals surface area (Å²) in [6.07, 6.45) is 2.35. The standard InChI is InChI=1S/C11H18N2/c1-2-4-10-5-3-6-11(9-10)13-8-7-12/h3,5-6,9,13H,2,4,7-8,12H2,1H3. The van der Waals surface area contributed by atoms with E-state index in [2.05, 4.69) is 36.5 Å². The maximum atomic E-state index is 5.41. The predicted octanol–water partition coefficient (Wildman–Crippen LogP) is 2.01. The van der Waals surface area contributed by atoms with Crippen molar-refractivity contribution in [2.75, 3.05) is 18.4 Å². The van der Waals surface area contributed by atoms with E-state index in [1.54, 1.807) is 0 Å². The first-order valence-corrected chi connectivity index (χ1v) is 4.89. The van der Waals surface area contributed by atoms with Crippen LogP contribution in [0.4, 0.5) is 5.69 Å². The highest BCUT2D eigenvalue weighted by Crippen LogP contribution is 2.11. The molecule has 0 aromatic heterocycles. The molecule has 0 saturated heterocycles. The van der Waals surface area contributed by atoms with E-state index in [0.717, 1.165) is 13.0 Å². The number of hydrogen-bond donors (Lipinski definition) is 2. The third-order valence-corrected chi connectivity index (χ3v) is 1.94. The van der Waals surface area contributed by atoms with Crippen molar-refractivity contribution >= 4 is 5.69 Å². The maximum absolute atomic E-state index is 5.41. The lowest BCUT2D eigenvalue weighted by molar-refractivity contribution is 0.921. The summed E-state index contributed by atoms with van der Waals surface area (Å²) in [4.78, 5) is 0. The monoisotopic (exact) mass is 178 g/mol. The van der Waals surface area contributed by atoms with Crippen LogP contribution in [-0.4, -0.2) is 13.1 Å². The largest absolute Gasteiger partial charge is 0.384 e. The minimum atomic E-state index is 0.679. The van der Waals surface area contributed by atoms with Crippen LogP contribution in [0.3, 0.4) is 0 Å². The average Bonchev–Trinajstić information content (AvgIpc) is 2.16. The lowest BCUT2D eigenvalue weighted by Crippen LogP contribution is -2.13. The molecule has 2 nitrogen and oxygen atoms in total. The van der Waals surface area contributed by atoms with Gasteiger partial charge in [0.1, 0.15) is 0 Å². The van der Waals surface area contributed by atoms with Crippen molar-refractivity contribution in [1.82, 2.24) is 0 Å². The molecule has 72 valence electrons. The smallest absolute Gasteiger partial charge is 0.0343 e. The summed E-state index contributed by atoms with van der Waals surface area (Å²) in [5.74, 6) is 0. The summed E-state index contributed by atoms with van der Waals surface area (Å²) in [6, 6.07) is 8.52. The molecule has 0 spiro atoms. The Hall–Kier alpha value is -1.02. The van der Waals surface area contributed by atoms with Crippen molar-refractivity contribution in [2.24, 2.45) is 5.73 Å². The third kappa shape index (κ3) is 3.47. The highest BCUT2D eigenvalue weighted by atomic mass is 14.9. The van der Waals surface area contributed by atoms with E-state index in [0.29, 0.717) is 6.54 Å². The topological polar surface area (TPSA) is 38.0 Å². The molecule has 0 fully saturated rings. The summed E-state index contributed by atoms with van der Waals surface area (Å²) >= 11 is 0. The zero-order valence-electron chi connectivity index (χ0n) is 8.22. The molecule has 0 amide bonds. The van der Waals surface area contributed by atoms with Crippen LogP contribution < -0.4 is 11.1 Å². The molecule has 2 heteroatoms. The quantitative estimate of drug-likeness (QED) is 0.724. The number of aryl methyl sites for hydroxylation is 1. The van der Waals surface area contributed by atoms with Gasteiger partial charge in [-0.25, -0.2) is 0 Å². The van der Waals surface area contributed by atoms with E-state index in [1.807, 2.05) is 0 Å². The van der Waals surface area contributed by atoms with Gasteiger partial charge in [0.2, 0.25) is 0 Å². The van der Waals surface area contributed by atoms with Gasteiger partial charge in [0.25, 0.3) is 0 Å². The molecule has 1 aromatic carbocycles. The Labute approximate surface area is 80.1 Å². The normalized spacial score (nSPS) is 10.0. The Balaban J connectivity index is 2.56. The van der Waals surface area contributed by atoms with Gasteiger partial charge in [0.05, 0.1) is 0 Å². The second-order valence-corrected chi connectivity index (χ2v) is 3.17. The van der Waals surface area contributed by atoms with E-state index >= 15 is 0 Å². The second kappa shape index (κ2) is 5.60. The van der Waals surface area contributed by atoms with Gasteiger partial charge >= 0.3 is 0 Å². The summed E-state index contributed by atoms with van der Waals surface area (Å²) in [5.41, 5.74) is 7.98. The number of rotatable bonds is 5. The van der Waals surface area contributed by atoms with Gasteiger partial charge in [0, 0.05) is 18.8 Å². The van der Waals surface area contributed by atoms with Gasteiger partial charge in [-0.1, -0.05) is 25.5 Å². The van der Waals surface area contributed by atoms with Crippen LogP contribution in [0.5, 0.6) is 0 Å². The van der Waals surface area contributed by atoms with E-state index < -0.39 is 0 Å². The summed E-state index contributed by atoms with van der Waals surface area (Å²) in [5, 5.41) is 3.27. The molecule has 0 aliphatic rings. The number of hydrogen-bond acceptors (Lipinski definition) is 2. The van der Waals surface area contributed by atoms with Crippen molar-refractivity contribution in [3.8, 4) is 0 Å². The molecular weight excluding hydrogens is 160 g/mol. The SMILES string of the molecule is CCCc1cccc(NCCN)c1. The van der Waals surface area contributed by atoms with E-state index in [4.69, 9.17) is 5.73 Å². The molecule has 0 saturated carbocycles.